The third kappa shape index (κ3) is 4.55. The highest BCUT2D eigenvalue weighted by Gasteiger charge is 2.17. The van der Waals surface area contributed by atoms with E-state index in [0.29, 0.717) is 28.9 Å². The number of carbonyl (C=O) groups excluding carboxylic acids is 1. The van der Waals surface area contributed by atoms with Crippen LogP contribution in [0.2, 0.25) is 5.02 Å². The summed E-state index contributed by atoms with van der Waals surface area (Å²) in [6, 6.07) is 15.4. The van der Waals surface area contributed by atoms with Gasteiger partial charge in [-0.3, -0.25) is 4.79 Å². The number of aromatic amines is 1. The first-order chi connectivity index (χ1) is 13.7. The van der Waals surface area contributed by atoms with Crippen LogP contribution in [-0.2, 0) is 17.9 Å². The average molecular weight is 413 g/mol. The molecule has 0 spiro atoms. The quantitative estimate of drug-likeness (QED) is 0.451. The molecule has 0 saturated carbocycles. The number of thioether (sulfide) groups is 1. The number of hydrogen-bond donors (Lipinski definition) is 1. The van der Waals surface area contributed by atoms with Crippen LogP contribution in [0.5, 0.6) is 0 Å². The van der Waals surface area contributed by atoms with Gasteiger partial charge in [0.25, 0.3) is 0 Å². The number of carbonyl (C=O) groups is 1. The molecule has 1 aromatic carbocycles. The van der Waals surface area contributed by atoms with Gasteiger partial charge in [-0.1, -0.05) is 53.7 Å². The molecule has 28 heavy (non-hydrogen) atoms. The van der Waals surface area contributed by atoms with E-state index in [1.54, 1.807) is 23.4 Å². The molecule has 1 amide bonds. The van der Waals surface area contributed by atoms with Crippen LogP contribution in [-0.4, -0.2) is 31.5 Å². The van der Waals surface area contributed by atoms with Gasteiger partial charge in [0.05, 0.1) is 29.1 Å². The summed E-state index contributed by atoms with van der Waals surface area (Å²) >= 11 is 7.29. The smallest absolute Gasteiger partial charge is 0.233 e. The Labute approximate surface area is 170 Å². The number of H-pyrrole nitrogens is 1. The minimum atomic E-state index is -0.00305. The number of benzene rings is 1. The van der Waals surface area contributed by atoms with Gasteiger partial charge in [-0.2, -0.15) is 0 Å². The second kappa shape index (κ2) is 8.50. The Hall–Kier alpha value is -2.77. The van der Waals surface area contributed by atoms with Crippen molar-refractivity contribution in [1.29, 1.82) is 0 Å². The minimum Gasteiger partial charge on any atom is -0.467 e. The SMILES string of the molecule is O=C(CSc1nc2ncc(Cl)cc2[nH]1)N(Cc1ccccc1)Cc1ccco1. The Bertz CT molecular complexity index is 1070. The van der Waals surface area contributed by atoms with Gasteiger partial charge in [0.2, 0.25) is 5.91 Å². The molecule has 6 nitrogen and oxygen atoms in total. The highest BCUT2D eigenvalue weighted by atomic mass is 35.5. The molecule has 0 aliphatic rings. The molecule has 0 fully saturated rings. The minimum absolute atomic E-state index is 0.00305. The Morgan fingerprint density at radius 1 is 1.18 bits per heavy atom. The van der Waals surface area contributed by atoms with Crippen LogP contribution >= 0.6 is 23.4 Å². The standard InChI is InChI=1S/C20H17ClN4O2S/c21-15-9-17-19(22-10-15)24-20(23-17)28-13-18(26)25(12-16-7-4-8-27-16)11-14-5-2-1-3-6-14/h1-10H,11-13H2,(H,22,23,24). The van der Waals surface area contributed by atoms with Gasteiger partial charge in [0.1, 0.15) is 5.76 Å². The van der Waals surface area contributed by atoms with E-state index in [1.807, 2.05) is 42.5 Å². The van der Waals surface area contributed by atoms with E-state index < -0.39 is 0 Å². The largest absolute Gasteiger partial charge is 0.467 e. The zero-order valence-electron chi connectivity index (χ0n) is 14.8. The molecule has 4 aromatic rings. The molecule has 0 aliphatic carbocycles. The molecule has 3 heterocycles. The molecule has 142 valence electrons. The van der Waals surface area contributed by atoms with Crippen molar-refractivity contribution in [3.8, 4) is 0 Å². The van der Waals surface area contributed by atoms with E-state index in [1.165, 1.54) is 11.8 Å². The number of imidazole rings is 1. The fourth-order valence-electron chi connectivity index (χ4n) is 2.77. The van der Waals surface area contributed by atoms with Crippen LogP contribution in [0.15, 0.2) is 70.6 Å². The summed E-state index contributed by atoms with van der Waals surface area (Å²) in [4.78, 5) is 26.4. The zero-order chi connectivity index (χ0) is 19.3. The molecule has 0 aliphatic heterocycles. The number of rotatable bonds is 7. The number of furan rings is 1. The van der Waals surface area contributed by atoms with Gasteiger partial charge in [0.15, 0.2) is 10.8 Å². The average Bonchev–Trinajstić information content (AvgIpc) is 3.35. The molecule has 0 saturated heterocycles. The van der Waals surface area contributed by atoms with Gasteiger partial charge in [-0.25, -0.2) is 9.97 Å². The molecule has 0 radical (unpaired) electrons. The van der Waals surface area contributed by atoms with Crippen LogP contribution in [0, 0.1) is 0 Å². The predicted octanol–water partition coefficient (Wildman–Crippen LogP) is 4.53. The van der Waals surface area contributed by atoms with Gasteiger partial charge in [0, 0.05) is 12.7 Å². The van der Waals surface area contributed by atoms with Crippen molar-refractivity contribution >= 4 is 40.4 Å². The number of amides is 1. The van der Waals surface area contributed by atoms with Gasteiger partial charge >= 0.3 is 0 Å². The Morgan fingerprint density at radius 3 is 2.82 bits per heavy atom. The van der Waals surface area contributed by atoms with E-state index in [9.17, 15) is 4.79 Å². The van der Waals surface area contributed by atoms with Crippen molar-refractivity contribution in [2.24, 2.45) is 0 Å². The van der Waals surface area contributed by atoms with Crippen molar-refractivity contribution in [1.82, 2.24) is 19.9 Å². The number of hydrogen-bond acceptors (Lipinski definition) is 5. The lowest BCUT2D eigenvalue weighted by Gasteiger charge is -2.21. The third-order valence-electron chi connectivity index (χ3n) is 4.11. The summed E-state index contributed by atoms with van der Waals surface area (Å²) < 4.78 is 5.43. The maximum Gasteiger partial charge on any atom is 0.233 e. The van der Waals surface area contributed by atoms with Crippen LogP contribution in [0.4, 0.5) is 0 Å². The maximum absolute atomic E-state index is 12.9. The van der Waals surface area contributed by atoms with Crippen molar-refractivity contribution in [3.05, 3.63) is 77.3 Å². The van der Waals surface area contributed by atoms with E-state index in [-0.39, 0.29) is 11.7 Å². The van der Waals surface area contributed by atoms with Crippen molar-refractivity contribution in [2.45, 2.75) is 18.2 Å². The fourth-order valence-corrected chi connectivity index (χ4v) is 3.70. The van der Waals surface area contributed by atoms with Crippen LogP contribution < -0.4 is 0 Å². The van der Waals surface area contributed by atoms with Gasteiger partial charge in [-0.05, 0) is 23.8 Å². The molecule has 8 heteroatoms. The second-order valence-electron chi connectivity index (χ2n) is 6.17. The van der Waals surface area contributed by atoms with Crippen molar-refractivity contribution < 1.29 is 9.21 Å². The summed E-state index contributed by atoms with van der Waals surface area (Å²) in [6.45, 7) is 0.927. The van der Waals surface area contributed by atoms with Crippen molar-refractivity contribution in [2.75, 3.05) is 5.75 Å². The Balaban J connectivity index is 1.46. The lowest BCUT2D eigenvalue weighted by Crippen LogP contribution is -2.31. The summed E-state index contributed by atoms with van der Waals surface area (Å²) in [5.74, 6) is 0.995. The van der Waals surface area contributed by atoms with Gasteiger partial charge in [-0.15, -0.1) is 0 Å². The molecule has 0 atom stereocenters. The first kappa shape index (κ1) is 18.6. The van der Waals surface area contributed by atoms with Crippen LogP contribution in [0.1, 0.15) is 11.3 Å². The van der Waals surface area contributed by atoms with E-state index >= 15 is 0 Å². The summed E-state index contributed by atoms with van der Waals surface area (Å²) in [7, 11) is 0. The number of aromatic nitrogens is 3. The second-order valence-corrected chi connectivity index (χ2v) is 7.57. The topological polar surface area (TPSA) is 75.0 Å². The highest BCUT2D eigenvalue weighted by Crippen LogP contribution is 2.21. The monoisotopic (exact) mass is 412 g/mol. The third-order valence-corrected chi connectivity index (χ3v) is 5.18. The molecule has 0 unspecified atom stereocenters. The summed E-state index contributed by atoms with van der Waals surface area (Å²) in [5.41, 5.74) is 2.39. The molecule has 3 aromatic heterocycles. The number of halogens is 1. The highest BCUT2D eigenvalue weighted by molar-refractivity contribution is 7.99. The Kier molecular flexibility index (Phi) is 5.64. The van der Waals surface area contributed by atoms with E-state index in [4.69, 9.17) is 16.0 Å². The summed E-state index contributed by atoms with van der Waals surface area (Å²) in [6.07, 6.45) is 3.16. The first-order valence-electron chi connectivity index (χ1n) is 8.65. The predicted molar refractivity (Wildman–Crippen MR) is 109 cm³/mol. The fraction of sp³-hybridized carbons (Fsp3) is 0.150. The number of nitrogens with zero attached hydrogens (tertiary/aromatic N) is 3. The number of nitrogens with one attached hydrogen (secondary N) is 1. The van der Waals surface area contributed by atoms with E-state index in [2.05, 4.69) is 15.0 Å². The molecule has 4 rings (SSSR count). The van der Waals surface area contributed by atoms with Crippen molar-refractivity contribution in [3.63, 3.8) is 0 Å². The molecular formula is C20H17ClN4O2S. The zero-order valence-corrected chi connectivity index (χ0v) is 16.4. The molecule has 0 bridgehead atoms. The van der Waals surface area contributed by atoms with Crippen LogP contribution in [0.25, 0.3) is 11.2 Å². The number of fused-ring (bicyclic) bond motifs is 1. The first-order valence-corrected chi connectivity index (χ1v) is 10.0. The van der Waals surface area contributed by atoms with E-state index in [0.717, 1.165) is 16.8 Å². The van der Waals surface area contributed by atoms with Gasteiger partial charge < -0.3 is 14.3 Å². The summed E-state index contributed by atoms with van der Waals surface area (Å²) in [5, 5.41) is 1.17. The maximum atomic E-state index is 12.9. The molecular weight excluding hydrogens is 396 g/mol. The Morgan fingerprint density at radius 2 is 2.04 bits per heavy atom. The lowest BCUT2D eigenvalue weighted by molar-refractivity contribution is -0.129. The van der Waals surface area contributed by atoms with Crippen LogP contribution in [0.3, 0.4) is 0 Å². The number of pyridine rings is 1. The lowest BCUT2D eigenvalue weighted by atomic mass is 10.2. The molecule has 1 N–H and O–H groups in total. The normalized spacial score (nSPS) is 11.0.